The first-order valence-corrected chi connectivity index (χ1v) is 6.50. The minimum absolute atomic E-state index is 0.0263. The van der Waals surface area contributed by atoms with Gasteiger partial charge in [-0.1, -0.05) is 58.4 Å². The quantitative estimate of drug-likeness (QED) is 0.810. The molecule has 1 aromatic rings. The smallest absolute Gasteiger partial charge is 0.365 e. The van der Waals surface area contributed by atoms with Gasteiger partial charge in [0.2, 0.25) is 5.83 Å². The van der Waals surface area contributed by atoms with E-state index in [9.17, 15) is 9.18 Å². The molecule has 0 bridgehead atoms. The molecule has 0 atom stereocenters. The zero-order chi connectivity index (χ0) is 14.6. The van der Waals surface area contributed by atoms with E-state index in [0.29, 0.717) is 18.4 Å². The van der Waals surface area contributed by atoms with Gasteiger partial charge in [0.1, 0.15) is 0 Å². The molecule has 1 aromatic carbocycles. The van der Waals surface area contributed by atoms with Gasteiger partial charge in [0.15, 0.2) is 0 Å². The van der Waals surface area contributed by atoms with Crippen LogP contribution in [0.5, 0.6) is 0 Å². The van der Waals surface area contributed by atoms with E-state index in [-0.39, 0.29) is 11.0 Å². The van der Waals surface area contributed by atoms with E-state index in [1.165, 1.54) is 0 Å². The predicted octanol–water partition coefficient (Wildman–Crippen LogP) is 4.55. The first kappa shape index (κ1) is 15.4. The maximum absolute atomic E-state index is 13.7. The topological polar surface area (TPSA) is 37.3 Å². The van der Waals surface area contributed by atoms with Crippen LogP contribution in [0.25, 0.3) is 5.57 Å². The van der Waals surface area contributed by atoms with Crippen LogP contribution in [0.3, 0.4) is 0 Å². The van der Waals surface area contributed by atoms with Crippen molar-refractivity contribution in [1.82, 2.24) is 0 Å². The van der Waals surface area contributed by atoms with Gasteiger partial charge in [-0.15, -0.1) is 0 Å². The molecule has 3 heteroatoms. The third kappa shape index (κ3) is 3.91. The van der Waals surface area contributed by atoms with Gasteiger partial charge in [0.05, 0.1) is 0 Å². The van der Waals surface area contributed by atoms with Crippen LogP contribution in [0.4, 0.5) is 4.39 Å². The first-order chi connectivity index (χ1) is 8.77. The average Bonchev–Trinajstić information content (AvgIpc) is 2.34. The van der Waals surface area contributed by atoms with Gasteiger partial charge in [-0.3, -0.25) is 0 Å². The maximum atomic E-state index is 13.7. The molecule has 1 N–H and O–H groups in total. The SMILES string of the molecule is CCCC(=C(F)C(=O)O)c1ccc(C(C)(C)C)cc1. The van der Waals surface area contributed by atoms with Crippen LogP contribution >= 0.6 is 0 Å². The summed E-state index contributed by atoms with van der Waals surface area (Å²) >= 11 is 0. The summed E-state index contributed by atoms with van der Waals surface area (Å²) in [6.45, 7) is 8.20. The Balaban J connectivity index is 3.20. The molecule has 0 aliphatic carbocycles. The second kappa shape index (κ2) is 6.00. The number of hydrogen-bond acceptors (Lipinski definition) is 1. The molecule has 0 radical (unpaired) electrons. The summed E-state index contributed by atoms with van der Waals surface area (Å²) in [6.07, 6.45) is 1.13. The van der Waals surface area contributed by atoms with Gasteiger partial charge in [-0.25, -0.2) is 4.79 Å². The Labute approximate surface area is 114 Å². The molecule has 0 spiro atoms. The molecule has 0 fully saturated rings. The second-order valence-corrected chi connectivity index (χ2v) is 5.68. The Morgan fingerprint density at radius 3 is 2.11 bits per heavy atom. The number of carboxylic acids is 1. The fourth-order valence-corrected chi connectivity index (χ4v) is 1.93. The van der Waals surface area contributed by atoms with Crippen LogP contribution in [0.1, 0.15) is 51.7 Å². The van der Waals surface area contributed by atoms with E-state index in [4.69, 9.17) is 5.11 Å². The highest BCUT2D eigenvalue weighted by molar-refractivity contribution is 5.94. The van der Waals surface area contributed by atoms with Gasteiger partial charge < -0.3 is 5.11 Å². The zero-order valence-corrected chi connectivity index (χ0v) is 12.0. The Bertz CT molecular complexity index is 478. The molecule has 0 heterocycles. The summed E-state index contributed by atoms with van der Waals surface area (Å²) in [5, 5.41) is 8.79. The molecule has 0 aromatic heterocycles. The van der Waals surface area contributed by atoms with Gasteiger partial charge in [-0.2, -0.15) is 4.39 Å². The van der Waals surface area contributed by atoms with Crippen molar-refractivity contribution in [3.05, 3.63) is 41.2 Å². The summed E-state index contributed by atoms with van der Waals surface area (Å²) in [5.74, 6) is -2.55. The molecule has 0 aliphatic heterocycles. The molecule has 1 rings (SSSR count). The van der Waals surface area contributed by atoms with E-state index in [1.54, 1.807) is 12.1 Å². The normalized spacial score (nSPS) is 13.1. The third-order valence-electron chi connectivity index (χ3n) is 3.05. The van der Waals surface area contributed by atoms with Crippen molar-refractivity contribution < 1.29 is 14.3 Å². The molecule has 104 valence electrons. The number of benzene rings is 1. The Morgan fingerprint density at radius 2 is 1.74 bits per heavy atom. The van der Waals surface area contributed by atoms with Gasteiger partial charge >= 0.3 is 5.97 Å². The van der Waals surface area contributed by atoms with Crippen LogP contribution in [-0.2, 0) is 10.2 Å². The average molecular weight is 264 g/mol. The fraction of sp³-hybridized carbons (Fsp3) is 0.438. The maximum Gasteiger partial charge on any atom is 0.365 e. The van der Waals surface area contributed by atoms with E-state index in [0.717, 1.165) is 5.56 Å². The van der Waals surface area contributed by atoms with E-state index in [2.05, 4.69) is 20.8 Å². The molecular weight excluding hydrogens is 243 g/mol. The van der Waals surface area contributed by atoms with Crippen LogP contribution in [0.2, 0.25) is 0 Å². The van der Waals surface area contributed by atoms with Gasteiger partial charge in [-0.05, 0) is 23.0 Å². The molecular formula is C16H21FO2. The predicted molar refractivity (Wildman–Crippen MR) is 75.7 cm³/mol. The van der Waals surface area contributed by atoms with E-state index >= 15 is 0 Å². The number of rotatable bonds is 4. The molecule has 19 heavy (non-hydrogen) atoms. The summed E-state index contributed by atoms with van der Waals surface area (Å²) in [6, 6.07) is 7.46. The highest BCUT2D eigenvalue weighted by Gasteiger charge is 2.17. The van der Waals surface area contributed by atoms with E-state index in [1.807, 2.05) is 19.1 Å². The van der Waals surface area contributed by atoms with Crippen molar-refractivity contribution in [3.8, 4) is 0 Å². The Kier molecular flexibility index (Phi) is 4.87. The lowest BCUT2D eigenvalue weighted by atomic mass is 9.86. The minimum Gasteiger partial charge on any atom is -0.476 e. The van der Waals surface area contributed by atoms with Crippen molar-refractivity contribution in [2.75, 3.05) is 0 Å². The highest BCUT2D eigenvalue weighted by atomic mass is 19.1. The summed E-state index contributed by atoms with van der Waals surface area (Å²) in [5.41, 5.74) is 2.09. The number of halogens is 1. The number of carboxylic acid groups (broad SMARTS) is 1. The zero-order valence-electron chi connectivity index (χ0n) is 12.0. The molecule has 2 nitrogen and oxygen atoms in total. The highest BCUT2D eigenvalue weighted by Crippen LogP contribution is 2.28. The van der Waals surface area contributed by atoms with Gasteiger partial charge in [0.25, 0.3) is 0 Å². The monoisotopic (exact) mass is 264 g/mol. The number of aliphatic carboxylic acids is 1. The molecule has 0 saturated heterocycles. The third-order valence-corrected chi connectivity index (χ3v) is 3.05. The molecule has 0 amide bonds. The molecule has 0 aliphatic rings. The first-order valence-electron chi connectivity index (χ1n) is 6.50. The van der Waals surface area contributed by atoms with Crippen molar-refractivity contribution in [2.45, 2.75) is 46.0 Å². The van der Waals surface area contributed by atoms with Crippen molar-refractivity contribution >= 4 is 11.5 Å². The molecule has 0 unspecified atom stereocenters. The summed E-state index contributed by atoms with van der Waals surface area (Å²) < 4.78 is 13.7. The van der Waals surface area contributed by atoms with Crippen molar-refractivity contribution in [1.29, 1.82) is 0 Å². The van der Waals surface area contributed by atoms with E-state index < -0.39 is 11.8 Å². The van der Waals surface area contributed by atoms with Gasteiger partial charge in [0, 0.05) is 5.57 Å². The lowest BCUT2D eigenvalue weighted by molar-refractivity contribution is -0.134. The largest absolute Gasteiger partial charge is 0.476 e. The summed E-state index contributed by atoms with van der Waals surface area (Å²) in [7, 11) is 0. The van der Waals surface area contributed by atoms with Crippen LogP contribution in [0, 0.1) is 0 Å². The fourth-order valence-electron chi connectivity index (χ4n) is 1.93. The lowest BCUT2D eigenvalue weighted by Crippen LogP contribution is -2.10. The van der Waals surface area contributed by atoms with Crippen molar-refractivity contribution in [3.63, 3.8) is 0 Å². The number of allylic oxidation sites excluding steroid dienone is 1. The Hall–Kier alpha value is -1.64. The standard InChI is InChI=1S/C16H21FO2/c1-5-6-13(14(17)15(18)19)11-7-9-12(10-8-11)16(2,3)4/h7-10H,5-6H2,1-4H3,(H,18,19). The lowest BCUT2D eigenvalue weighted by Gasteiger charge is -2.19. The van der Waals surface area contributed by atoms with Crippen molar-refractivity contribution in [2.24, 2.45) is 0 Å². The summed E-state index contributed by atoms with van der Waals surface area (Å²) in [4.78, 5) is 10.8. The number of hydrogen-bond donors (Lipinski definition) is 1. The number of carbonyl (C=O) groups is 1. The van der Waals surface area contributed by atoms with Crippen LogP contribution < -0.4 is 0 Å². The minimum atomic E-state index is -1.50. The Morgan fingerprint density at radius 1 is 1.21 bits per heavy atom. The molecule has 0 saturated carbocycles. The second-order valence-electron chi connectivity index (χ2n) is 5.68. The van der Waals surface area contributed by atoms with Crippen LogP contribution in [-0.4, -0.2) is 11.1 Å². The van der Waals surface area contributed by atoms with Crippen LogP contribution in [0.15, 0.2) is 30.1 Å².